The number of aryl methyl sites for hydroxylation is 2. The minimum absolute atomic E-state index is 0.579. The lowest BCUT2D eigenvalue weighted by Gasteiger charge is -2.16. The zero-order valence-electron chi connectivity index (χ0n) is 11.5. The van der Waals surface area contributed by atoms with Gasteiger partial charge in [0.15, 0.2) is 0 Å². The first-order valence-electron chi connectivity index (χ1n) is 6.91. The molecule has 17 heavy (non-hydrogen) atoms. The van der Waals surface area contributed by atoms with E-state index >= 15 is 0 Å². The van der Waals surface area contributed by atoms with Crippen LogP contribution in [0.4, 0.5) is 0 Å². The van der Waals surface area contributed by atoms with Crippen LogP contribution in [0, 0.1) is 19.3 Å². The number of rotatable bonds is 6. The second-order valence-corrected chi connectivity index (χ2v) is 5.85. The SMILES string of the molecule is CCCNCC1(Cc2cc(C)cc(C)c2)CC1. The summed E-state index contributed by atoms with van der Waals surface area (Å²) < 4.78 is 0. The maximum absolute atomic E-state index is 3.59. The molecular weight excluding hydrogens is 206 g/mol. The summed E-state index contributed by atoms with van der Waals surface area (Å²) in [5.74, 6) is 0. The molecule has 1 heteroatoms. The van der Waals surface area contributed by atoms with Gasteiger partial charge in [0.05, 0.1) is 0 Å². The summed E-state index contributed by atoms with van der Waals surface area (Å²) in [5.41, 5.74) is 4.91. The zero-order chi connectivity index (χ0) is 12.3. The monoisotopic (exact) mass is 231 g/mol. The van der Waals surface area contributed by atoms with Crippen molar-refractivity contribution in [3.05, 3.63) is 34.9 Å². The van der Waals surface area contributed by atoms with Gasteiger partial charge in [0.1, 0.15) is 0 Å². The van der Waals surface area contributed by atoms with Crippen molar-refractivity contribution in [3.8, 4) is 0 Å². The van der Waals surface area contributed by atoms with Gasteiger partial charge in [0.25, 0.3) is 0 Å². The van der Waals surface area contributed by atoms with E-state index in [1.54, 1.807) is 0 Å². The number of hydrogen-bond donors (Lipinski definition) is 1. The first kappa shape index (κ1) is 12.6. The summed E-state index contributed by atoms with van der Waals surface area (Å²) in [6, 6.07) is 6.97. The van der Waals surface area contributed by atoms with Crippen molar-refractivity contribution in [2.75, 3.05) is 13.1 Å². The van der Waals surface area contributed by atoms with Gasteiger partial charge in [-0.1, -0.05) is 36.2 Å². The van der Waals surface area contributed by atoms with Gasteiger partial charge in [0, 0.05) is 6.54 Å². The van der Waals surface area contributed by atoms with Crippen molar-refractivity contribution in [1.29, 1.82) is 0 Å². The van der Waals surface area contributed by atoms with Crippen LogP contribution in [0.25, 0.3) is 0 Å². The van der Waals surface area contributed by atoms with Crippen LogP contribution in [0.1, 0.15) is 42.9 Å². The van der Waals surface area contributed by atoms with Gasteiger partial charge in [-0.2, -0.15) is 0 Å². The summed E-state index contributed by atoms with van der Waals surface area (Å²) in [6.07, 6.45) is 5.29. The van der Waals surface area contributed by atoms with Crippen molar-refractivity contribution in [3.63, 3.8) is 0 Å². The van der Waals surface area contributed by atoms with Crippen molar-refractivity contribution in [1.82, 2.24) is 5.32 Å². The average molecular weight is 231 g/mol. The standard InChI is InChI=1S/C16H25N/c1-4-7-17-12-16(5-6-16)11-15-9-13(2)8-14(3)10-15/h8-10,17H,4-7,11-12H2,1-3H3. The molecule has 1 nitrogen and oxygen atoms in total. The molecule has 1 aromatic carbocycles. The Balaban J connectivity index is 1.95. The third-order valence-corrected chi connectivity index (χ3v) is 3.74. The van der Waals surface area contributed by atoms with Gasteiger partial charge in [-0.3, -0.25) is 0 Å². The molecule has 0 heterocycles. The quantitative estimate of drug-likeness (QED) is 0.737. The molecule has 1 saturated carbocycles. The lowest BCUT2D eigenvalue weighted by Crippen LogP contribution is -2.26. The van der Waals surface area contributed by atoms with Crippen LogP contribution in [-0.4, -0.2) is 13.1 Å². The Morgan fingerprint density at radius 1 is 1.12 bits per heavy atom. The van der Waals surface area contributed by atoms with E-state index in [1.807, 2.05) is 0 Å². The minimum Gasteiger partial charge on any atom is -0.316 e. The van der Waals surface area contributed by atoms with Crippen molar-refractivity contribution >= 4 is 0 Å². The van der Waals surface area contributed by atoms with E-state index in [4.69, 9.17) is 0 Å². The Morgan fingerprint density at radius 3 is 2.29 bits per heavy atom. The van der Waals surface area contributed by atoms with Crippen LogP contribution in [-0.2, 0) is 6.42 Å². The molecule has 0 radical (unpaired) electrons. The fourth-order valence-corrected chi connectivity index (χ4v) is 2.73. The fraction of sp³-hybridized carbons (Fsp3) is 0.625. The minimum atomic E-state index is 0.579. The topological polar surface area (TPSA) is 12.0 Å². The van der Waals surface area contributed by atoms with Crippen LogP contribution < -0.4 is 5.32 Å². The number of hydrogen-bond acceptors (Lipinski definition) is 1. The molecule has 94 valence electrons. The van der Waals surface area contributed by atoms with E-state index in [9.17, 15) is 0 Å². The lowest BCUT2D eigenvalue weighted by atomic mass is 9.94. The molecule has 0 aliphatic heterocycles. The second-order valence-electron chi connectivity index (χ2n) is 5.85. The molecular formula is C16H25N. The second kappa shape index (κ2) is 5.22. The summed E-state index contributed by atoms with van der Waals surface area (Å²) >= 11 is 0. The predicted molar refractivity (Wildman–Crippen MR) is 74.4 cm³/mol. The number of benzene rings is 1. The van der Waals surface area contributed by atoms with Gasteiger partial charge in [0.2, 0.25) is 0 Å². The molecule has 0 aromatic heterocycles. The third kappa shape index (κ3) is 3.57. The molecule has 0 bridgehead atoms. The van der Waals surface area contributed by atoms with E-state index in [1.165, 1.54) is 48.9 Å². The maximum atomic E-state index is 3.59. The van der Waals surface area contributed by atoms with Crippen LogP contribution in [0.3, 0.4) is 0 Å². The molecule has 0 unspecified atom stereocenters. The Labute approximate surface area is 106 Å². The van der Waals surface area contributed by atoms with E-state index < -0.39 is 0 Å². The molecule has 1 aromatic rings. The predicted octanol–water partition coefficient (Wildman–Crippen LogP) is 3.63. The van der Waals surface area contributed by atoms with Crippen molar-refractivity contribution in [2.24, 2.45) is 5.41 Å². The van der Waals surface area contributed by atoms with Gasteiger partial charge in [-0.25, -0.2) is 0 Å². The first-order chi connectivity index (χ1) is 8.13. The molecule has 0 spiro atoms. The fourth-order valence-electron chi connectivity index (χ4n) is 2.73. The molecule has 0 saturated heterocycles. The summed E-state index contributed by atoms with van der Waals surface area (Å²) in [6.45, 7) is 9.00. The van der Waals surface area contributed by atoms with Crippen LogP contribution in [0.15, 0.2) is 18.2 Å². The lowest BCUT2D eigenvalue weighted by molar-refractivity contribution is 0.455. The largest absolute Gasteiger partial charge is 0.316 e. The molecule has 1 fully saturated rings. The Hall–Kier alpha value is -0.820. The summed E-state index contributed by atoms with van der Waals surface area (Å²) in [7, 11) is 0. The van der Waals surface area contributed by atoms with Crippen molar-refractivity contribution < 1.29 is 0 Å². The van der Waals surface area contributed by atoms with E-state index in [-0.39, 0.29) is 0 Å². The summed E-state index contributed by atoms with van der Waals surface area (Å²) in [4.78, 5) is 0. The highest BCUT2D eigenvalue weighted by atomic mass is 14.9. The third-order valence-electron chi connectivity index (χ3n) is 3.74. The Morgan fingerprint density at radius 2 is 1.76 bits per heavy atom. The number of nitrogens with one attached hydrogen (secondary N) is 1. The molecule has 0 atom stereocenters. The smallest absolute Gasteiger partial charge is 0.00110 e. The van der Waals surface area contributed by atoms with Crippen LogP contribution >= 0.6 is 0 Å². The molecule has 1 aliphatic carbocycles. The van der Waals surface area contributed by atoms with Gasteiger partial charge in [-0.05, 0) is 57.1 Å². The van der Waals surface area contributed by atoms with E-state index in [0.29, 0.717) is 5.41 Å². The highest BCUT2D eigenvalue weighted by molar-refractivity contribution is 5.30. The normalized spacial score (nSPS) is 17.1. The zero-order valence-corrected chi connectivity index (χ0v) is 11.5. The highest BCUT2D eigenvalue weighted by Gasteiger charge is 2.41. The van der Waals surface area contributed by atoms with Crippen LogP contribution in [0.5, 0.6) is 0 Å². The molecule has 1 N–H and O–H groups in total. The average Bonchev–Trinajstić information content (AvgIpc) is 2.97. The molecule has 0 amide bonds. The van der Waals surface area contributed by atoms with E-state index in [2.05, 4.69) is 44.3 Å². The first-order valence-corrected chi connectivity index (χ1v) is 6.91. The van der Waals surface area contributed by atoms with Gasteiger partial charge >= 0.3 is 0 Å². The van der Waals surface area contributed by atoms with Crippen molar-refractivity contribution in [2.45, 2.75) is 46.5 Å². The Bertz CT molecular complexity index is 357. The molecule has 1 aliphatic rings. The molecule has 2 rings (SSSR count). The van der Waals surface area contributed by atoms with Crippen LogP contribution in [0.2, 0.25) is 0 Å². The maximum Gasteiger partial charge on any atom is 0.00110 e. The van der Waals surface area contributed by atoms with Gasteiger partial charge < -0.3 is 5.32 Å². The highest BCUT2D eigenvalue weighted by Crippen LogP contribution is 2.47. The van der Waals surface area contributed by atoms with E-state index in [0.717, 1.165) is 6.54 Å². The Kier molecular flexibility index (Phi) is 3.88. The van der Waals surface area contributed by atoms with Gasteiger partial charge in [-0.15, -0.1) is 0 Å². The summed E-state index contributed by atoms with van der Waals surface area (Å²) in [5, 5.41) is 3.59.